The first-order valence-corrected chi connectivity index (χ1v) is 11.3. The molecule has 2 aromatic carbocycles. The largest absolute Gasteiger partial charge is 0.497 e. The molecule has 0 bridgehead atoms. The molecule has 0 aliphatic rings. The van der Waals surface area contributed by atoms with Gasteiger partial charge in [-0.25, -0.2) is 4.39 Å². The SMILES string of the molecule is COc1cccc(CN(C(=O)CSCc2ccc(F)cc2)[C@H](C)C(=O)NC(C)(C)C)c1. The van der Waals surface area contributed by atoms with Crippen LogP contribution >= 0.6 is 11.8 Å². The highest BCUT2D eigenvalue weighted by atomic mass is 32.2. The molecule has 1 N–H and O–H groups in total. The first kappa shape index (κ1) is 24.7. The molecule has 0 saturated carbocycles. The Kier molecular flexibility index (Phi) is 8.92. The van der Waals surface area contributed by atoms with Crippen molar-refractivity contribution in [2.75, 3.05) is 12.9 Å². The molecule has 0 radical (unpaired) electrons. The van der Waals surface area contributed by atoms with E-state index in [4.69, 9.17) is 4.74 Å². The standard InChI is InChI=1S/C24H31FN2O3S/c1-17(23(29)26-24(2,3)4)27(14-19-7-6-8-21(13-19)30-5)22(28)16-31-15-18-9-11-20(25)12-10-18/h6-13,17H,14-16H2,1-5H3,(H,26,29)/t17-/m1/s1. The molecule has 1 atom stereocenters. The van der Waals surface area contributed by atoms with E-state index in [0.29, 0.717) is 18.0 Å². The molecule has 31 heavy (non-hydrogen) atoms. The van der Waals surface area contributed by atoms with E-state index in [9.17, 15) is 14.0 Å². The Bertz CT molecular complexity index is 881. The molecule has 0 aromatic heterocycles. The lowest BCUT2D eigenvalue weighted by Crippen LogP contribution is -2.52. The Morgan fingerprint density at radius 1 is 1.13 bits per heavy atom. The normalized spacial score (nSPS) is 12.2. The lowest BCUT2D eigenvalue weighted by atomic mass is 10.1. The number of halogens is 1. The van der Waals surface area contributed by atoms with Crippen LogP contribution in [0.4, 0.5) is 4.39 Å². The zero-order chi connectivity index (χ0) is 23.0. The van der Waals surface area contributed by atoms with Crippen LogP contribution in [0.5, 0.6) is 5.75 Å². The fraction of sp³-hybridized carbons (Fsp3) is 0.417. The van der Waals surface area contributed by atoms with Crippen LogP contribution in [0, 0.1) is 5.82 Å². The summed E-state index contributed by atoms with van der Waals surface area (Å²) in [5.41, 5.74) is 1.43. The first-order valence-electron chi connectivity index (χ1n) is 10.2. The Morgan fingerprint density at radius 2 is 1.81 bits per heavy atom. The van der Waals surface area contributed by atoms with Crippen LogP contribution in [0.15, 0.2) is 48.5 Å². The summed E-state index contributed by atoms with van der Waals surface area (Å²) in [5, 5.41) is 2.95. The van der Waals surface area contributed by atoms with Crippen molar-refractivity contribution in [1.82, 2.24) is 10.2 Å². The number of nitrogens with zero attached hydrogens (tertiary/aromatic N) is 1. The molecule has 0 aliphatic heterocycles. The van der Waals surface area contributed by atoms with Crippen LogP contribution in [0.3, 0.4) is 0 Å². The number of carbonyl (C=O) groups excluding carboxylic acids is 2. The summed E-state index contributed by atoms with van der Waals surface area (Å²) in [6.45, 7) is 7.76. The predicted octanol–water partition coefficient (Wildman–Crippen LogP) is 4.40. The van der Waals surface area contributed by atoms with Gasteiger partial charge in [0.15, 0.2) is 0 Å². The molecular weight excluding hydrogens is 415 g/mol. The molecule has 0 aliphatic carbocycles. The summed E-state index contributed by atoms with van der Waals surface area (Å²) in [7, 11) is 1.59. The van der Waals surface area contributed by atoms with Gasteiger partial charge in [0.25, 0.3) is 0 Å². The molecular formula is C24H31FN2O3S. The highest BCUT2D eigenvalue weighted by molar-refractivity contribution is 7.99. The monoisotopic (exact) mass is 446 g/mol. The van der Waals surface area contributed by atoms with Crippen molar-refractivity contribution in [2.24, 2.45) is 0 Å². The van der Waals surface area contributed by atoms with Crippen LogP contribution in [0.1, 0.15) is 38.8 Å². The van der Waals surface area contributed by atoms with E-state index in [1.54, 1.807) is 31.1 Å². The van der Waals surface area contributed by atoms with E-state index in [2.05, 4.69) is 5.32 Å². The highest BCUT2D eigenvalue weighted by Crippen LogP contribution is 2.19. The van der Waals surface area contributed by atoms with Gasteiger partial charge in [0.1, 0.15) is 17.6 Å². The number of hydrogen-bond donors (Lipinski definition) is 1. The van der Waals surface area contributed by atoms with Crippen molar-refractivity contribution >= 4 is 23.6 Å². The molecule has 0 unspecified atom stereocenters. The number of methoxy groups -OCH3 is 1. The van der Waals surface area contributed by atoms with Crippen molar-refractivity contribution in [3.63, 3.8) is 0 Å². The summed E-state index contributed by atoms with van der Waals surface area (Å²) in [4.78, 5) is 27.5. The first-order chi connectivity index (χ1) is 14.6. The maximum absolute atomic E-state index is 13.1. The van der Waals surface area contributed by atoms with E-state index in [0.717, 1.165) is 11.1 Å². The molecule has 168 valence electrons. The average molecular weight is 447 g/mol. The molecule has 2 amide bonds. The highest BCUT2D eigenvalue weighted by Gasteiger charge is 2.28. The van der Waals surface area contributed by atoms with Gasteiger partial charge in [-0.2, -0.15) is 0 Å². The third-order valence-electron chi connectivity index (χ3n) is 4.56. The summed E-state index contributed by atoms with van der Waals surface area (Å²) in [5.74, 6) is 0.880. The lowest BCUT2D eigenvalue weighted by molar-refractivity contribution is -0.139. The zero-order valence-electron chi connectivity index (χ0n) is 18.8. The lowest BCUT2D eigenvalue weighted by Gasteiger charge is -2.31. The third kappa shape index (κ3) is 8.25. The second-order valence-electron chi connectivity index (χ2n) is 8.41. The van der Waals surface area contributed by atoms with E-state index >= 15 is 0 Å². The van der Waals surface area contributed by atoms with Gasteiger partial charge in [-0.3, -0.25) is 9.59 Å². The molecule has 0 spiro atoms. The minimum Gasteiger partial charge on any atom is -0.497 e. The smallest absolute Gasteiger partial charge is 0.242 e. The summed E-state index contributed by atoms with van der Waals surface area (Å²) < 4.78 is 18.4. The van der Waals surface area contributed by atoms with Gasteiger partial charge in [-0.05, 0) is 63.1 Å². The van der Waals surface area contributed by atoms with Gasteiger partial charge >= 0.3 is 0 Å². The van der Waals surface area contributed by atoms with Gasteiger partial charge in [0.05, 0.1) is 12.9 Å². The maximum atomic E-state index is 13.1. The Morgan fingerprint density at radius 3 is 2.42 bits per heavy atom. The van der Waals surface area contributed by atoms with Gasteiger partial charge in [-0.15, -0.1) is 11.8 Å². The number of nitrogens with one attached hydrogen (secondary N) is 1. The zero-order valence-corrected chi connectivity index (χ0v) is 19.6. The Hall–Kier alpha value is -2.54. The maximum Gasteiger partial charge on any atom is 0.242 e. The molecule has 2 rings (SSSR count). The summed E-state index contributed by atoms with van der Waals surface area (Å²) >= 11 is 1.44. The number of ether oxygens (including phenoxy) is 1. The van der Waals surface area contributed by atoms with Gasteiger partial charge in [-0.1, -0.05) is 24.3 Å². The molecule has 0 heterocycles. The van der Waals surface area contributed by atoms with Crippen LogP contribution in [0.25, 0.3) is 0 Å². The van der Waals surface area contributed by atoms with Gasteiger partial charge in [0, 0.05) is 17.8 Å². The van der Waals surface area contributed by atoms with Gasteiger partial charge in [0.2, 0.25) is 11.8 Å². The van der Waals surface area contributed by atoms with Crippen LogP contribution in [-0.4, -0.2) is 41.2 Å². The fourth-order valence-corrected chi connectivity index (χ4v) is 3.81. The van der Waals surface area contributed by atoms with E-state index in [-0.39, 0.29) is 23.4 Å². The van der Waals surface area contributed by atoms with Crippen LogP contribution in [-0.2, 0) is 21.9 Å². The van der Waals surface area contributed by atoms with Crippen molar-refractivity contribution in [1.29, 1.82) is 0 Å². The topological polar surface area (TPSA) is 58.6 Å². The summed E-state index contributed by atoms with van der Waals surface area (Å²) in [6.07, 6.45) is 0. The van der Waals surface area contributed by atoms with Crippen molar-refractivity contribution in [3.8, 4) is 5.75 Å². The molecule has 0 fully saturated rings. The number of carbonyl (C=O) groups is 2. The minimum absolute atomic E-state index is 0.133. The molecule has 2 aromatic rings. The van der Waals surface area contributed by atoms with Crippen LogP contribution < -0.4 is 10.1 Å². The fourth-order valence-electron chi connectivity index (χ4n) is 2.94. The van der Waals surface area contributed by atoms with Crippen LogP contribution in [0.2, 0.25) is 0 Å². The third-order valence-corrected chi connectivity index (χ3v) is 5.55. The Balaban J connectivity index is 2.11. The van der Waals surface area contributed by atoms with Crippen molar-refractivity contribution < 1.29 is 18.7 Å². The predicted molar refractivity (Wildman–Crippen MR) is 123 cm³/mol. The Labute approximate surface area is 188 Å². The number of thioether (sulfide) groups is 1. The molecule has 7 heteroatoms. The second-order valence-corrected chi connectivity index (χ2v) is 9.39. The minimum atomic E-state index is -0.635. The second kappa shape index (κ2) is 11.2. The molecule has 0 saturated heterocycles. The van der Waals surface area contributed by atoms with Crippen molar-refractivity contribution in [3.05, 3.63) is 65.5 Å². The average Bonchev–Trinajstić information content (AvgIpc) is 2.71. The van der Waals surface area contributed by atoms with E-state index in [1.165, 1.54) is 23.9 Å². The molecule has 5 nitrogen and oxygen atoms in total. The quantitative estimate of drug-likeness (QED) is 0.620. The van der Waals surface area contributed by atoms with Crippen molar-refractivity contribution in [2.45, 2.75) is 51.6 Å². The number of benzene rings is 2. The number of rotatable bonds is 9. The van der Waals surface area contributed by atoms with E-state index in [1.807, 2.05) is 45.0 Å². The van der Waals surface area contributed by atoms with E-state index < -0.39 is 11.6 Å². The summed E-state index contributed by atoms with van der Waals surface area (Å²) in [6, 6.07) is 13.1. The number of hydrogen-bond acceptors (Lipinski definition) is 4. The van der Waals surface area contributed by atoms with Gasteiger partial charge < -0.3 is 15.0 Å². The number of amides is 2.